The summed E-state index contributed by atoms with van der Waals surface area (Å²) in [4.78, 5) is 4.59. The van der Waals surface area contributed by atoms with Crippen molar-refractivity contribution in [1.29, 1.82) is 0 Å². The van der Waals surface area contributed by atoms with Crippen molar-refractivity contribution in [1.82, 2.24) is 14.6 Å². The number of anilines is 1. The van der Waals surface area contributed by atoms with Crippen LogP contribution < -0.4 is 5.32 Å². The molecule has 2 aromatic heterocycles. The number of hydrogen-bond donors (Lipinski definition) is 1. The molecule has 0 aliphatic rings. The molecule has 4 nitrogen and oxygen atoms in total. The summed E-state index contributed by atoms with van der Waals surface area (Å²) in [6.07, 6.45) is 2.80. The molecule has 0 aliphatic heterocycles. The molecule has 0 saturated heterocycles. The van der Waals surface area contributed by atoms with E-state index in [1.54, 1.807) is 22.8 Å². The van der Waals surface area contributed by atoms with E-state index in [0.717, 1.165) is 34.7 Å². The molecule has 0 fully saturated rings. The van der Waals surface area contributed by atoms with Crippen LogP contribution in [0.4, 0.5) is 10.2 Å². The summed E-state index contributed by atoms with van der Waals surface area (Å²) in [7, 11) is 0. The van der Waals surface area contributed by atoms with E-state index in [0.29, 0.717) is 6.04 Å². The Balaban J connectivity index is 2.12. The van der Waals surface area contributed by atoms with Crippen LogP contribution in [0.5, 0.6) is 0 Å². The first-order chi connectivity index (χ1) is 10.6. The van der Waals surface area contributed by atoms with Gasteiger partial charge in [-0.2, -0.15) is 9.61 Å². The van der Waals surface area contributed by atoms with Crippen molar-refractivity contribution in [2.45, 2.75) is 33.2 Å². The highest BCUT2D eigenvalue weighted by Crippen LogP contribution is 2.26. The second-order valence-electron chi connectivity index (χ2n) is 5.54. The first-order valence-corrected chi connectivity index (χ1v) is 7.46. The third-order valence-electron chi connectivity index (χ3n) is 3.76. The molecule has 0 unspecified atom stereocenters. The van der Waals surface area contributed by atoms with Gasteiger partial charge < -0.3 is 5.32 Å². The molecule has 22 heavy (non-hydrogen) atoms. The molecular weight excluding hydrogens is 279 g/mol. The van der Waals surface area contributed by atoms with Gasteiger partial charge in [-0.15, -0.1) is 0 Å². The molecule has 3 aromatic rings. The lowest BCUT2D eigenvalue weighted by Crippen LogP contribution is -2.16. The fourth-order valence-electron chi connectivity index (χ4n) is 2.37. The Hall–Kier alpha value is -2.43. The van der Waals surface area contributed by atoms with Crippen LogP contribution in [-0.4, -0.2) is 20.6 Å². The Morgan fingerprint density at radius 2 is 2.00 bits per heavy atom. The molecular formula is C17H19FN4. The first-order valence-electron chi connectivity index (χ1n) is 7.46. The summed E-state index contributed by atoms with van der Waals surface area (Å²) in [5, 5.41) is 7.89. The first kappa shape index (κ1) is 14.5. The molecule has 1 N–H and O–H groups in total. The van der Waals surface area contributed by atoms with E-state index in [1.165, 1.54) is 12.1 Å². The topological polar surface area (TPSA) is 42.2 Å². The second-order valence-corrected chi connectivity index (χ2v) is 5.54. The van der Waals surface area contributed by atoms with Crippen LogP contribution >= 0.6 is 0 Å². The van der Waals surface area contributed by atoms with Gasteiger partial charge in [-0.1, -0.05) is 19.1 Å². The van der Waals surface area contributed by atoms with Crippen molar-refractivity contribution in [3.05, 3.63) is 48.0 Å². The average molecular weight is 298 g/mol. The molecule has 0 aliphatic carbocycles. The Morgan fingerprint density at radius 1 is 1.27 bits per heavy atom. The second kappa shape index (κ2) is 5.75. The number of rotatable bonds is 4. The van der Waals surface area contributed by atoms with Crippen LogP contribution in [-0.2, 0) is 0 Å². The maximum atomic E-state index is 13.1. The third kappa shape index (κ3) is 2.66. The summed E-state index contributed by atoms with van der Waals surface area (Å²) in [6, 6.07) is 8.74. The monoisotopic (exact) mass is 298 g/mol. The van der Waals surface area contributed by atoms with E-state index in [-0.39, 0.29) is 5.82 Å². The molecule has 0 radical (unpaired) electrons. The fourth-order valence-corrected chi connectivity index (χ4v) is 2.37. The zero-order valence-corrected chi connectivity index (χ0v) is 13.0. The van der Waals surface area contributed by atoms with Gasteiger partial charge in [0.15, 0.2) is 5.65 Å². The smallest absolute Gasteiger partial charge is 0.165 e. The molecule has 5 heteroatoms. The van der Waals surface area contributed by atoms with Gasteiger partial charge >= 0.3 is 0 Å². The standard InChI is InChI=1S/C17H19FN4/c1-4-11(2)20-16-9-12(3)21-17-15(10-19-22(16)17)13-5-7-14(18)8-6-13/h5-11,20H,4H2,1-3H3/t11-/m1/s1. The van der Waals surface area contributed by atoms with Crippen LogP contribution in [0.1, 0.15) is 26.0 Å². The van der Waals surface area contributed by atoms with E-state index < -0.39 is 0 Å². The molecule has 3 rings (SSSR count). The minimum absolute atomic E-state index is 0.247. The van der Waals surface area contributed by atoms with Gasteiger partial charge in [0, 0.05) is 23.4 Å². The van der Waals surface area contributed by atoms with Gasteiger partial charge in [0.05, 0.1) is 6.20 Å². The Morgan fingerprint density at radius 3 is 2.68 bits per heavy atom. The van der Waals surface area contributed by atoms with E-state index in [4.69, 9.17) is 0 Å². The highest BCUT2D eigenvalue weighted by molar-refractivity contribution is 5.78. The van der Waals surface area contributed by atoms with Crippen molar-refractivity contribution in [3.63, 3.8) is 0 Å². The van der Waals surface area contributed by atoms with Crippen LogP contribution in [0.15, 0.2) is 36.5 Å². The van der Waals surface area contributed by atoms with Crippen LogP contribution in [0.25, 0.3) is 16.8 Å². The van der Waals surface area contributed by atoms with Gasteiger partial charge in [-0.05, 0) is 38.0 Å². The number of fused-ring (bicyclic) bond motifs is 1. The summed E-state index contributed by atoms with van der Waals surface area (Å²) < 4.78 is 14.9. The maximum Gasteiger partial charge on any atom is 0.165 e. The average Bonchev–Trinajstić information content (AvgIpc) is 2.91. The Bertz CT molecular complexity index is 792. The number of nitrogens with zero attached hydrogens (tertiary/aromatic N) is 3. The zero-order chi connectivity index (χ0) is 15.7. The lowest BCUT2D eigenvalue weighted by Gasteiger charge is -2.14. The van der Waals surface area contributed by atoms with Crippen LogP contribution in [0.3, 0.4) is 0 Å². The summed E-state index contributed by atoms with van der Waals surface area (Å²) in [5.41, 5.74) is 3.50. The number of aromatic nitrogens is 3. The van der Waals surface area contributed by atoms with Gasteiger partial charge in [-0.25, -0.2) is 9.37 Å². The zero-order valence-electron chi connectivity index (χ0n) is 13.0. The molecule has 0 amide bonds. The lowest BCUT2D eigenvalue weighted by atomic mass is 10.1. The number of benzene rings is 1. The molecule has 0 spiro atoms. The van der Waals surface area contributed by atoms with E-state index >= 15 is 0 Å². The number of nitrogens with one attached hydrogen (secondary N) is 1. The van der Waals surface area contributed by atoms with E-state index in [2.05, 4.69) is 29.2 Å². The number of hydrogen-bond acceptors (Lipinski definition) is 3. The molecule has 1 atom stereocenters. The molecule has 0 saturated carbocycles. The van der Waals surface area contributed by atoms with Gasteiger partial charge in [0.25, 0.3) is 0 Å². The van der Waals surface area contributed by atoms with Crippen molar-refractivity contribution >= 4 is 11.5 Å². The SMILES string of the molecule is CC[C@@H](C)Nc1cc(C)nc2c(-c3ccc(F)cc3)cnn12. The number of halogens is 1. The minimum Gasteiger partial charge on any atom is -0.367 e. The maximum absolute atomic E-state index is 13.1. The largest absolute Gasteiger partial charge is 0.367 e. The summed E-state index contributed by atoms with van der Waals surface area (Å²) in [5.74, 6) is 0.675. The van der Waals surface area contributed by atoms with Crippen LogP contribution in [0, 0.1) is 12.7 Å². The predicted octanol–water partition coefficient (Wildman–Crippen LogP) is 4.05. The van der Waals surface area contributed by atoms with Gasteiger partial charge in [-0.3, -0.25) is 0 Å². The summed E-state index contributed by atoms with van der Waals surface area (Å²) in [6.45, 7) is 6.23. The van der Waals surface area contributed by atoms with Gasteiger partial charge in [0.2, 0.25) is 0 Å². The quantitative estimate of drug-likeness (QED) is 0.790. The van der Waals surface area contributed by atoms with Crippen LogP contribution in [0.2, 0.25) is 0 Å². The molecule has 2 heterocycles. The summed E-state index contributed by atoms with van der Waals surface area (Å²) >= 11 is 0. The molecule has 114 valence electrons. The molecule has 1 aromatic carbocycles. The third-order valence-corrected chi connectivity index (χ3v) is 3.76. The highest BCUT2D eigenvalue weighted by Gasteiger charge is 2.13. The minimum atomic E-state index is -0.247. The van der Waals surface area contributed by atoms with E-state index in [1.807, 2.05) is 13.0 Å². The van der Waals surface area contributed by atoms with Crippen molar-refractivity contribution in [3.8, 4) is 11.1 Å². The van der Waals surface area contributed by atoms with E-state index in [9.17, 15) is 4.39 Å². The predicted molar refractivity (Wildman–Crippen MR) is 86.5 cm³/mol. The molecule has 0 bridgehead atoms. The Labute approximate surface area is 129 Å². The van der Waals surface area contributed by atoms with Crippen molar-refractivity contribution in [2.24, 2.45) is 0 Å². The fraction of sp³-hybridized carbons (Fsp3) is 0.294. The normalized spacial score (nSPS) is 12.5. The lowest BCUT2D eigenvalue weighted by molar-refractivity contribution is 0.628. The van der Waals surface area contributed by atoms with Crippen molar-refractivity contribution in [2.75, 3.05) is 5.32 Å². The number of aryl methyl sites for hydroxylation is 1. The Kier molecular flexibility index (Phi) is 3.79. The van der Waals surface area contributed by atoms with Gasteiger partial charge in [0.1, 0.15) is 11.6 Å². The highest BCUT2D eigenvalue weighted by atomic mass is 19.1. The van der Waals surface area contributed by atoms with Crippen molar-refractivity contribution < 1.29 is 4.39 Å².